The molecule has 4 aromatic rings. The van der Waals surface area contributed by atoms with Gasteiger partial charge < -0.3 is 5.32 Å². The smallest absolute Gasteiger partial charge is 0.295 e. The summed E-state index contributed by atoms with van der Waals surface area (Å²) in [7, 11) is 0. The summed E-state index contributed by atoms with van der Waals surface area (Å²) in [6, 6.07) is 26.0. The molecule has 1 N–H and O–H groups in total. The maximum Gasteiger partial charge on any atom is 0.295 e. The average Bonchev–Trinajstić information content (AvgIpc) is 3.16. The van der Waals surface area contributed by atoms with Gasteiger partial charge in [-0.15, -0.1) is 5.10 Å². The van der Waals surface area contributed by atoms with E-state index < -0.39 is 0 Å². The Morgan fingerprint density at radius 1 is 0.852 bits per heavy atom. The molecule has 4 rings (SSSR count). The van der Waals surface area contributed by atoms with Crippen LogP contribution in [0.15, 0.2) is 84.9 Å². The number of hydrogen-bond donors (Lipinski definition) is 1. The number of aromatic nitrogens is 3. The standard InChI is InChI=1S/C21H15ClN4O/c22-16-11-13-18(14-12-16)26-20(15-7-3-1-4-8-15)24-19(25-26)21(27)23-17-9-5-2-6-10-17/h1-14H,(H,23,27). The first-order valence-electron chi connectivity index (χ1n) is 8.35. The lowest BCUT2D eigenvalue weighted by Crippen LogP contribution is -2.14. The van der Waals surface area contributed by atoms with Crippen LogP contribution in [-0.4, -0.2) is 20.7 Å². The molecule has 0 aliphatic rings. The average molecular weight is 375 g/mol. The number of nitrogens with one attached hydrogen (secondary N) is 1. The number of halogens is 1. The maximum absolute atomic E-state index is 12.6. The number of hydrogen-bond acceptors (Lipinski definition) is 3. The third-order valence-corrected chi connectivity index (χ3v) is 4.20. The van der Waals surface area contributed by atoms with Crippen LogP contribution in [-0.2, 0) is 0 Å². The first kappa shape index (κ1) is 17.0. The van der Waals surface area contributed by atoms with Gasteiger partial charge in [0.15, 0.2) is 5.82 Å². The number of rotatable bonds is 4. The highest BCUT2D eigenvalue weighted by molar-refractivity contribution is 6.30. The van der Waals surface area contributed by atoms with Crippen molar-refractivity contribution in [2.75, 3.05) is 5.32 Å². The molecule has 3 aromatic carbocycles. The monoisotopic (exact) mass is 374 g/mol. The van der Waals surface area contributed by atoms with Crippen molar-refractivity contribution in [1.82, 2.24) is 14.8 Å². The third kappa shape index (κ3) is 3.73. The summed E-state index contributed by atoms with van der Waals surface area (Å²) in [6.07, 6.45) is 0. The van der Waals surface area contributed by atoms with Crippen LogP contribution in [0.3, 0.4) is 0 Å². The molecule has 1 aromatic heterocycles. The van der Waals surface area contributed by atoms with Gasteiger partial charge in [0.05, 0.1) is 5.69 Å². The summed E-state index contributed by atoms with van der Waals surface area (Å²) in [5, 5.41) is 7.87. The molecule has 0 atom stereocenters. The van der Waals surface area contributed by atoms with Crippen molar-refractivity contribution in [1.29, 1.82) is 0 Å². The molecule has 0 radical (unpaired) electrons. The van der Waals surface area contributed by atoms with Gasteiger partial charge in [-0.2, -0.15) is 0 Å². The molecule has 0 bridgehead atoms. The Morgan fingerprint density at radius 2 is 1.48 bits per heavy atom. The Labute approximate surface area is 161 Å². The fraction of sp³-hybridized carbons (Fsp3) is 0. The van der Waals surface area contributed by atoms with Crippen LogP contribution < -0.4 is 5.32 Å². The second kappa shape index (κ2) is 7.43. The van der Waals surface area contributed by atoms with Crippen LogP contribution in [0.5, 0.6) is 0 Å². The Balaban J connectivity index is 1.75. The molecule has 0 fully saturated rings. The summed E-state index contributed by atoms with van der Waals surface area (Å²) in [6.45, 7) is 0. The normalized spacial score (nSPS) is 10.6. The number of para-hydroxylation sites is 1. The van der Waals surface area contributed by atoms with Crippen molar-refractivity contribution >= 4 is 23.2 Å². The van der Waals surface area contributed by atoms with Crippen LogP contribution in [0.4, 0.5) is 5.69 Å². The quantitative estimate of drug-likeness (QED) is 0.556. The Morgan fingerprint density at radius 3 is 2.15 bits per heavy atom. The predicted octanol–water partition coefficient (Wildman–Crippen LogP) is 4.84. The highest BCUT2D eigenvalue weighted by Gasteiger charge is 2.18. The van der Waals surface area contributed by atoms with Crippen molar-refractivity contribution in [3.05, 3.63) is 95.8 Å². The van der Waals surface area contributed by atoms with E-state index in [4.69, 9.17) is 11.6 Å². The van der Waals surface area contributed by atoms with Crippen molar-refractivity contribution < 1.29 is 4.79 Å². The van der Waals surface area contributed by atoms with Gasteiger partial charge in [-0.25, -0.2) is 9.67 Å². The predicted molar refractivity (Wildman–Crippen MR) is 106 cm³/mol. The van der Waals surface area contributed by atoms with E-state index in [1.807, 2.05) is 72.8 Å². The molecule has 132 valence electrons. The zero-order chi connectivity index (χ0) is 18.6. The number of carbonyl (C=O) groups is 1. The van der Waals surface area contributed by atoms with Gasteiger partial charge in [-0.1, -0.05) is 60.1 Å². The van der Waals surface area contributed by atoms with E-state index in [1.165, 1.54) is 0 Å². The molecule has 0 saturated heterocycles. The third-order valence-electron chi connectivity index (χ3n) is 3.95. The molecule has 6 heteroatoms. The zero-order valence-corrected chi connectivity index (χ0v) is 15.0. The van der Waals surface area contributed by atoms with Crippen LogP contribution in [0, 0.1) is 0 Å². The molecule has 5 nitrogen and oxygen atoms in total. The second-order valence-corrected chi connectivity index (χ2v) is 6.27. The number of amides is 1. The summed E-state index contributed by atoms with van der Waals surface area (Å²) >= 11 is 5.99. The number of nitrogens with zero attached hydrogens (tertiary/aromatic N) is 3. The van der Waals surface area contributed by atoms with Crippen LogP contribution in [0.1, 0.15) is 10.6 Å². The molecular weight excluding hydrogens is 360 g/mol. The van der Waals surface area contributed by atoms with E-state index >= 15 is 0 Å². The molecule has 0 aliphatic carbocycles. The lowest BCUT2D eigenvalue weighted by atomic mass is 10.2. The van der Waals surface area contributed by atoms with Gasteiger partial charge in [-0.3, -0.25) is 4.79 Å². The molecule has 1 amide bonds. The van der Waals surface area contributed by atoms with E-state index in [-0.39, 0.29) is 11.7 Å². The van der Waals surface area contributed by atoms with Crippen molar-refractivity contribution in [3.63, 3.8) is 0 Å². The topological polar surface area (TPSA) is 59.8 Å². The van der Waals surface area contributed by atoms with Gasteiger partial charge in [-0.05, 0) is 36.4 Å². The van der Waals surface area contributed by atoms with Crippen LogP contribution >= 0.6 is 11.6 Å². The molecule has 0 unspecified atom stereocenters. The zero-order valence-electron chi connectivity index (χ0n) is 14.2. The van der Waals surface area contributed by atoms with Crippen molar-refractivity contribution in [2.24, 2.45) is 0 Å². The van der Waals surface area contributed by atoms with E-state index in [0.29, 0.717) is 16.5 Å². The second-order valence-electron chi connectivity index (χ2n) is 5.83. The first-order chi connectivity index (χ1) is 13.2. The maximum atomic E-state index is 12.6. The minimum absolute atomic E-state index is 0.0904. The van der Waals surface area contributed by atoms with Gasteiger partial charge >= 0.3 is 0 Å². The SMILES string of the molecule is O=C(Nc1ccccc1)c1nc(-c2ccccc2)n(-c2ccc(Cl)cc2)n1. The Hall–Kier alpha value is -3.44. The fourth-order valence-corrected chi connectivity index (χ4v) is 2.78. The molecule has 1 heterocycles. The molecule has 0 spiro atoms. The highest BCUT2D eigenvalue weighted by atomic mass is 35.5. The number of anilines is 1. The minimum atomic E-state index is -0.369. The van der Waals surface area contributed by atoms with Gasteiger partial charge in [0.2, 0.25) is 5.82 Å². The molecule has 0 aliphatic heterocycles. The fourth-order valence-electron chi connectivity index (χ4n) is 2.65. The van der Waals surface area contributed by atoms with E-state index in [9.17, 15) is 4.79 Å². The lowest BCUT2D eigenvalue weighted by molar-refractivity contribution is 0.101. The van der Waals surface area contributed by atoms with E-state index in [2.05, 4.69) is 15.4 Å². The molecular formula is C21H15ClN4O. The van der Waals surface area contributed by atoms with Crippen molar-refractivity contribution in [3.8, 4) is 17.1 Å². The van der Waals surface area contributed by atoms with Gasteiger partial charge in [0, 0.05) is 16.3 Å². The number of carbonyl (C=O) groups excluding carboxylic acids is 1. The summed E-state index contributed by atoms with van der Waals surface area (Å²) < 4.78 is 1.64. The van der Waals surface area contributed by atoms with Crippen LogP contribution in [0.25, 0.3) is 17.1 Å². The van der Waals surface area contributed by atoms with Gasteiger partial charge in [0.25, 0.3) is 5.91 Å². The first-order valence-corrected chi connectivity index (χ1v) is 8.73. The minimum Gasteiger partial charge on any atom is -0.319 e. The Bertz CT molecular complexity index is 1060. The largest absolute Gasteiger partial charge is 0.319 e. The Kier molecular flexibility index (Phi) is 4.68. The van der Waals surface area contributed by atoms with E-state index in [0.717, 1.165) is 11.3 Å². The van der Waals surface area contributed by atoms with E-state index in [1.54, 1.807) is 16.8 Å². The summed E-state index contributed by atoms with van der Waals surface area (Å²) in [4.78, 5) is 17.1. The van der Waals surface area contributed by atoms with Crippen LogP contribution in [0.2, 0.25) is 5.02 Å². The lowest BCUT2D eigenvalue weighted by Gasteiger charge is -2.05. The summed E-state index contributed by atoms with van der Waals surface area (Å²) in [5.74, 6) is 0.301. The highest BCUT2D eigenvalue weighted by Crippen LogP contribution is 2.22. The summed E-state index contributed by atoms with van der Waals surface area (Å²) in [5.41, 5.74) is 2.31. The van der Waals surface area contributed by atoms with Crippen molar-refractivity contribution in [2.45, 2.75) is 0 Å². The van der Waals surface area contributed by atoms with Gasteiger partial charge in [0.1, 0.15) is 0 Å². The molecule has 0 saturated carbocycles. The number of benzene rings is 3. The molecule has 27 heavy (non-hydrogen) atoms.